The molecule has 8 heteroatoms. The lowest BCUT2D eigenvalue weighted by molar-refractivity contribution is 0.0843. The highest BCUT2D eigenvalue weighted by atomic mass is 19.1. The van der Waals surface area contributed by atoms with Crippen molar-refractivity contribution in [3.05, 3.63) is 76.0 Å². The van der Waals surface area contributed by atoms with Gasteiger partial charge in [0.05, 0.1) is 5.39 Å². The molecule has 0 atom stereocenters. The predicted octanol–water partition coefficient (Wildman–Crippen LogP) is 2.02. The molecule has 3 rings (SSSR count). The van der Waals surface area contributed by atoms with Crippen LogP contribution in [0.2, 0.25) is 0 Å². The summed E-state index contributed by atoms with van der Waals surface area (Å²) < 4.78 is 14.2. The average molecular weight is 368 g/mol. The molecule has 7 nitrogen and oxygen atoms in total. The summed E-state index contributed by atoms with van der Waals surface area (Å²) in [6.07, 6.45) is 0.674. The minimum Gasteiger partial charge on any atom is -0.267 e. The van der Waals surface area contributed by atoms with Crippen LogP contribution in [0.25, 0.3) is 10.8 Å². The number of amides is 2. The van der Waals surface area contributed by atoms with E-state index >= 15 is 0 Å². The fourth-order valence-electron chi connectivity index (χ4n) is 2.61. The van der Waals surface area contributed by atoms with E-state index in [1.165, 1.54) is 16.8 Å². The molecule has 27 heavy (non-hydrogen) atoms. The van der Waals surface area contributed by atoms with Gasteiger partial charge >= 0.3 is 0 Å². The molecule has 0 aliphatic rings. The van der Waals surface area contributed by atoms with E-state index in [0.29, 0.717) is 23.7 Å². The number of halogens is 1. The lowest BCUT2D eigenvalue weighted by Crippen LogP contribution is -2.42. The second kappa shape index (κ2) is 7.77. The first kappa shape index (κ1) is 18.2. The van der Waals surface area contributed by atoms with Crippen LogP contribution in [0.4, 0.5) is 4.39 Å². The third-order valence-corrected chi connectivity index (χ3v) is 3.91. The van der Waals surface area contributed by atoms with Crippen LogP contribution >= 0.6 is 0 Å². The molecule has 2 aromatic carbocycles. The summed E-state index contributed by atoms with van der Waals surface area (Å²) in [5.74, 6) is -1.73. The highest BCUT2D eigenvalue weighted by Gasteiger charge is 2.17. The number of nitrogens with one attached hydrogen (secondary N) is 2. The minimum atomic E-state index is -0.661. The molecule has 3 aromatic rings. The Morgan fingerprint density at radius 2 is 1.63 bits per heavy atom. The maximum atomic E-state index is 12.9. The molecule has 0 unspecified atom stereocenters. The average Bonchev–Trinajstić information content (AvgIpc) is 2.68. The van der Waals surface area contributed by atoms with Gasteiger partial charge in [-0.3, -0.25) is 25.2 Å². The van der Waals surface area contributed by atoms with E-state index in [-0.39, 0.29) is 16.8 Å². The Hall–Kier alpha value is -3.55. The number of fused-ring (bicyclic) bond motifs is 1. The van der Waals surface area contributed by atoms with Crippen LogP contribution in [0, 0.1) is 5.82 Å². The lowest BCUT2D eigenvalue weighted by atomic mass is 10.1. The van der Waals surface area contributed by atoms with Crippen molar-refractivity contribution < 1.29 is 14.0 Å². The van der Waals surface area contributed by atoms with Gasteiger partial charge in [0.25, 0.3) is 17.4 Å². The van der Waals surface area contributed by atoms with Crippen LogP contribution in [0.1, 0.15) is 34.2 Å². The van der Waals surface area contributed by atoms with Crippen LogP contribution in [-0.2, 0) is 6.54 Å². The summed E-state index contributed by atoms with van der Waals surface area (Å²) >= 11 is 0. The molecule has 0 spiro atoms. The predicted molar refractivity (Wildman–Crippen MR) is 97.6 cm³/mol. The Labute approximate surface area is 153 Å². The Morgan fingerprint density at radius 3 is 2.30 bits per heavy atom. The summed E-state index contributed by atoms with van der Waals surface area (Å²) in [5.41, 5.74) is 4.48. The number of nitrogens with zero attached hydrogens (tertiary/aromatic N) is 2. The van der Waals surface area contributed by atoms with Crippen LogP contribution in [0.5, 0.6) is 0 Å². The molecular formula is C19H17FN4O3. The standard InChI is InChI=1S/C19H17FN4O3/c1-2-11-24-19(27)15-6-4-3-5-14(15)16(23-24)18(26)22-21-17(25)12-7-9-13(20)10-8-12/h3-10H,2,11H2,1H3,(H,21,25)(H,22,26). The summed E-state index contributed by atoms with van der Waals surface area (Å²) in [4.78, 5) is 37.0. The number of carbonyl (C=O) groups excluding carboxylic acids is 2. The SMILES string of the molecule is CCCn1nc(C(=O)NNC(=O)c2ccc(F)cc2)c2ccccc2c1=O. The molecular weight excluding hydrogens is 351 g/mol. The number of hydrogen-bond donors (Lipinski definition) is 2. The van der Waals surface area contributed by atoms with E-state index in [4.69, 9.17) is 0 Å². The fraction of sp³-hybridized carbons (Fsp3) is 0.158. The van der Waals surface area contributed by atoms with Crippen LogP contribution in [0.15, 0.2) is 53.3 Å². The number of rotatable bonds is 4. The zero-order valence-corrected chi connectivity index (χ0v) is 14.5. The van der Waals surface area contributed by atoms with Crippen LogP contribution in [0.3, 0.4) is 0 Å². The highest BCUT2D eigenvalue weighted by molar-refractivity contribution is 6.06. The second-order valence-corrected chi connectivity index (χ2v) is 5.84. The second-order valence-electron chi connectivity index (χ2n) is 5.84. The molecule has 0 fully saturated rings. The van der Waals surface area contributed by atoms with Crippen molar-refractivity contribution in [3.8, 4) is 0 Å². The largest absolute Gasteiger partial charge is 0.290 e. The van der Waals surface area contributed by atoms with Crippen molar-refractivity contribution in [2.75, 3.05) is 0 Å². The normalized spacial score (nSPS) is 10.6. The molecule has 2 N–H and O–H groups in total. The zero-order chi connectivity index (χ0) is 19.4. The summed E-state index contributed by atoms with van der Waals surface area (Å²) in [6, 6.07) is 11.5. The molecule has 0 aliphatic heterocycles. The first-order valence-electron chi connectivity index (χ1n) is 8.37. The Balaban J connectivity index is 1.87. The number of carbonyl (C=O) groups is 2. The van der Waals surface area contributed by atoms with Crippen LogP contribution in [-0.4, -0.2) is 21.6 Å². The maximum absolute atomic E-state index is 12.9. The van der Waals surface area contributed by atoms with E-state index in [9.17, 15) is 18.8 Å². The van der Waals surface area contributed by atoms with Gasteiger partial charge in [0.1, 0.15) is 5.82 Å². The molecule has 1 heterocycles. The first-order valence-corrected chi connectivity index (χ1v) is 8.37. The van der Waals surface area contributed by atoms with Gasteiger partial charge in [-0.1, -0.05) is 25.1 Å². The van der Waals surface area contributed by atoms with E-state index in [1.54, 1.807) is 24.3 Å². The number of hydrogen-bond acceptors (Lipinski definition) is 4. The van der Waals surface area contributed by atoms with Gasteiger partial charge in [-0.2, -0.15) is 5.10 Å². The summed E-state index contributed by atoms with van der Waals surface area (Å²) in [5, 5.41) is 4.91. The number of hydrazine groups is 1. The van der Waals surface area contributed by atoms with Gasteiger partial charge in [0, 0.05) is 17.5 Å². The molecule has 0 saturated heterocycles. The third kappa shape index (κ3) is 3.84. The monoisotopic (exact) mass is 368 g/mol. The van der Waals surface area contributed by atoms with Crippen molar-refractivity contribution in [2.24, 2.45) is 0 Å². The van der Waals surface area contributed by atoms with E-state index in [0.717, 1.165) is 12.1 Å². The molecule has 0 saturated carbocycles. The first-order chi connectivity index (χ1) is 13.0. The van der Waals surface area contributed by atoms with Crippen molar-refractivity contribution in [3.63, 3.8) is 0 Å². The highest BCUT2D eigenvalue weighted by Crippen LogP contribution is 2.13. The van der Waals surface area contributed by atoms with E-state index < -0.39 is 17.6 Å². The maximum Gasteiger partial charge on any atom is 0.290 e. The van der Waals surface area contributed by atoms with Crippen molar-refractivity contribution >= 4 is 22.6 Å². The molecule has 0 bridgehead atoms. The molecule has 2 amide bonds. The van der Waals surface area contributed by atoms with Gasteiger partial charge in [-0.15, -0.1) is 0 Å². The Kier molecular flexibility index (Phi) is 5.25. The number of aryl methyl sites for hydroxylation is 1. The zero-order valence-electron chi connectivity index (χ0n) is 14.5. The van der Waals surface area contributed by atoms with Crippen molar-refractivity contribution in [1.29, 1.82) is 0 Å². The minimum absolute atomic E-state index is 0.0260. The Bertz CT molecular complexity index is 1060. The summed E-state index contributed by atoms with van der Waals surface area (Å²) in [7, 11) is 0. The summed E-state index contributed by atoms with van der Waals surface area (Å²) in [6.45, 7) is 2.26. The topological polar surface area (TPSA) is 93.1 Å². The molecule has 1 aromatic heterocycles. The Morgan fingerprint density at radius 1 is 1.00 bits per heavy atom. The van der Waals surface area contributed by atoms with Crippen LogP contribution < -0.4 is 16.4 Å². The fourth-order valence-corrected chi connectivity index (χ4v) is 2.61. The third-order valence-electron chi connectivity index (χ3n) is 3.91. The molecule has 0 radical (unpaired) electrons. The quantitative estimate of drug-likeness (QED) is 0.689. The smallest absolute Gasteiger partial charge is 0.267 e. The molecule has 138 valence electrons. The van der Waals surface area contributed by atoms with Gasteiger partial charge in [0.15, 0.2) is 5.69 Å². The van der Waals surface area contributed by atoms with Gasteiger partial charge in [-0.25, -0.2) is 9.07 Å². The van der Waals surface area contributed by atoms with E-state index in [2.05, 4.69) is 16.0 Å². The van der Waals surface area contributed by atoms with Crippen molar-refractivity contribution in [1.82, 2.24) is 20.6 Å². The van der Waals surface area contributed by atoms with E-state index in [1.807, 2.05) is 6.92 Å². The number of benzene rings is 2. The number of aromatic nitrogens is 2. The molecule has 0 aliphatic carbocycles. The van der Waals surface area contributed by atoms with Gasteiger partial charge in [0.2, 0.25) is 0 Å². The van der Waals surface area contributed by atoms with Crippen molar-refractivity contribution in [2.45, 2.75) is 19.9 Å². The lowest BCUT2D eigenvalue weighted by Gasteiger charge is -2.11. The van der Waals surface area contributed by atoms with Gasteiger partial charge in [-0.05, 0) is 36.8 Å². The van der Waals surface area contributed by atoms with Gasteiger partial charge < -0.3 is 0 Å².